The van der Waals surface area contributed by atoms with Crippen LogP contribution in [0.15, 0.2) is 18.5 Å². The molecule has 3 heterocycles. The second kappa shape index (κ2) is 8.34. The van der Waals surface area contributed by atoms with Crippen LogP contribution in [0, 0.1) is 13.8 Å². The smallest absolute Gasteiger partial charge is 0.341 e. The summed E-state index contributed by atoms with van der Waals surface area (Å²) in [7, 11) is 0. The normalized spacial score (nSPS) is 14.2. The predicted octanol–water partition coefficient (Wildman–Crippen LogP) is 2.69. The number of hydrogen-bond donors (Lipinski definition) is 1. The van der Waals surface area contributed by atoms with Crippen molar-refractivity contribution in [1.82, 2.24) is 14.9 Å². The molecule has 9 heteroatoms. The van der Waals surface area contributed by atoms with Crippen molar-refractivity contribution in [3.63, 3.8) is 0 Å². The van der Waals surface area contributed by atoms with Gasteiger partial charge in [0.1, 0.15) is 5.00 Å². The lowest BCUT2D eigenvalue weighted by Gasteiger charge is -2.34. The van der Waals surface area contributed by atoms with Crippen molar-refractivity contribution in [3.05, 3.63) is 34.5 Å². The van der Waals surface area contributed by atoms with Crippen LogP contribution in [0.4, 0.5) is 15.7 Å². The van der Waals surface area contributed by atoms with E-state index in [4.69, 9.17) is 4.74 Å². The minimum atomic E-state index is -0.402. The molecule has 144 valence electrons. The van der Waals surface area contributed by atoms with Crippen LogP contribution in [0.25, 0.3) is 0 Å². The van der Waals surface area contributed by atoms with Crippen LogP contribution in [0.1, 0.15) is 27.7 Å². The molecule has 0 atom stereocenters. The fourth-order valence-corrected chi connectivity index (χ4v) is 3.94. The quantitative estimate of drug-likeness (QED) is 0.809. The monoisotopic (exact) mass is 389 g/mol. The maximum absolute atomic E-state index is 12.7. The van der Waals surface area contributed by atoms with Crippen LogP contribution in [-0.4, -0.2) is 59.7 Å². The number of urea groups is 1. The number of esters is 1. The first kappa shape index (κ1) is 19.1. The van der Waals surface area contributed by atoms with Crippen LogP contribution in [0.2, 0.25) is 0 Å². The summed E-state index contributed by atoms with van der Waals surface area (Å²) in [5, 5.41) is 3.43. The number of nitrogens with one attached hydrogen (secondary N) is 1. The number of amides is 2. The Kier molecular flexibility index (Phi) is 5.90. The molecule has 2 amide bonds. The zero-order valence-electron chi connectivity index (χ0n) is 15.7. The number of aryl methyl sites for hydroxylation is 1. The summed E-state index contributed by atoms with van der Waals surface area (Å²) in [6, 6.07) is 1.56. The van der Waals surface area contributed by atoms with Gasteiger partial charge in [0.25, 0.3) is 0 Å². The van der Waals surface area contributed by atoms with Gasteiger partial charge in [-0.15, -0.1) is 11.3 Å². The van der Waals surface area contributed by atoms with E-state index < -0.39 is 5.97 Å². The van der Waals surface area contributed by atoms with Gasteiger partial charge in [0.15, 0.2) is 0 Å². The number of carbonyl (C=O) groups is 2. The Morgan fingerprint density at radius 3 is 2.48 bits per heavy atom. The molecule has 1 N–H and O–H groups in total. The van der Waals surface area contributed by atoms with Crippen molar-refractivity contribution >= 4 is 34.3 Å². The van der Waals surface area contributed by atoms with Gasteiger partial charge < -0.3 is 14.5 Å². The summed E-state index contributed by atoms with van der Waals surface area (Å²) >= 11 is 1.40. The molecule has 1 fully saturated rings. The lowest BCUT2D eigenvalue weighted by Crippen LogP contribution is -2.50. The summed E-state index contributed by atoms with van der Waals surface area (Å²) in [5.74, 6) is 0.271. The standard InChI is InChI=1S/C18H23N5O3S/c1-4-26-16(24)14-12(2)13(3)27-15(14)21-18(25)23-10-8-22(9-11-23)17-19-6-5-7-20-17/h5-7H,4,8-11H2,1-3H3,(H,21,25). The maximum atomic E-state index is 12.7. The van der Waals surface area contributed by atoms with Crippen LogP contribution < -0.4 is 10.2 Å². The van der Waals surface area contributed by atoms with Crippen molar-refractivity contribution in [2.45, 2.75) is 20.8 Å². The third kappa shape index (κ3) is 4.19. The zero-order valence-corrected chi connectivity index (χ0v) is 16.5. The van der Waals surface area contributed by atoms with E-state index >= 15 is 0 Å². The number of ether oxygens (including phenoxy) is 1. The lowest BCUT2D eigenvalue weighted by molar-refractivity contribution is 0.0527. The molecule has 0 bridgehead atoms. The molecule has 1 aliphatic rings. The molecule has 1 saturated heterocycles. The minimum absolute atomic E-state index is 0.213. The van der Waals surface area contributed by atoms with Crippen LogP contribution in [-0.2, 0) is 4.74 Å². The lowest BCUT2D eigenvalue weighted by atomic mass is 10.1. The highest BCUT2D eigenvalue weighted by Crippen LogP contribution is 2.33. The highest BCUT2D eigenvalue weighted by atomic mass is 32.1. The first-order chi connectivity index (χ1) is 13.0. The second-order valence-corrected chi connectivity index (χ2v) is 7.39. The van der Waals surface area contributed by atoms with Crippen LogP contribution in [0.5, 0.6) is 0 Å². The fourth-order valence-electron chi connectivity index (χ4n) is 2.90. The van der Waals surface area contributed by atoms with Gasteiger partial charge in [0.2, 0.25) is 5.95 Å². The van der Waals surface area contributed by atoms with E-state index in [2.05, 4.69) is 15.3 Å². The Morgan fingerprint density at radius 1 is 1.19 bits per heavy atom. The molecule has 0 radical (unpaired) electrons. The molecule has 0 unspecified atom stereocenters. The molecule has 0 saturated carbocycles. The van der Waals surface area contributed by atoms with E-state index in [1.807, 2.05) is 18.7 Å². The van der Waals surface area contributed by atoms with Crippen molar-refractivity contribution in [2.24, 2.45) is 0 Å². The Labute approximate surface area is 162 Å². The molecule has 0 aromatic carbocycles. The molecule has 8 nitrogen and oxygen atoms in total. The fraction of sp³-hybridized carbons (Fsp3) is 0.444. The van der Waals surface area contributed by atoms with E-state index in [-0.39, 0.29) is 6.03 Å². The maximum Gasteiger partial charge on any atom is 0.341 e. The van der Waals surface area contributed by atoms with Crippen LogP contribution in [0.3, 0.4) is 0 Å². The van der Waals surface area contributed by atoms with E-state index in [0.29, 0.717) is 49.3 Å². The highest BCUT2D eigenvalue weighted by Gasteiger charge is 2.26. The van der Waals surface area contributed by atoms with Crippen molar-refractivity contribution < 1.29 is 14.3 Å². The Morgan fingerprint density at radius 2 is 1.85 bits per heavy atom. The summed E-state index contributed by atoms with van der Waals surface area (Å²) < 4.78 is 5.14. The number of rotatable bonds is 4. The predicted molar refractivity (Wildman–Crippen MR) is 105 cm³/mol. The molecule has 1 aliphatic heterocycles. The number of hydrogen-bond acceptors (Lipinski definition) is 7. The average molecular weight is 389 g/mol. The number of anilines is 2. The molecule has 2 aromatic rings. The van der Waals surface area contributed by atoms with Gasteiger partial charge in [-0.3, -0.25) is 5.32 Å². The molecule has 3 rings (SSSR count). The van der Waals surface area contributed by atoms with E-state index in [0.717, 1.165) is 10.4 Å². The first-order valence-electron chi connectivity index (χ1n) is 8.86. The Bertz CT molecular complexity index is 816. The molecule has 0 aliphatic carbocycles. The van der Waals surface area contributed by atoms with Crippen molar-refractivity contribution in [3.8, 4) is 0 Å². The number of nitrogens with zero attached hydrogens (tertiary/aromatic N) is 4. The molecule has 27 heavy (non-hydrogen) atoms. The molecule has 2 aromatic heterocycles. The van der Waals surface area contributed by atoms with E-state index in [1.165, 1.54) is 11.3 Å². The Balaban J connectivity index is 1.65. The van der Waals surface area contributed by atoms with Gasteiger partial charge in [0, 0.05) is 43.4 Å². The average Bonchev–Trinajstić information content (AvgIpc) is 2.96. The summed E-state index contributed by atoms with van der Waals surface area (Å²) in [4.78, 5) is 38.2. The van der Waals surface area contributed by atoms with Gasteiger partial charge >= 0.3 is 12.0 Å². The number of carbonyl (C=O) groups excluding carboxylic acids is 2. The van der Waals surface area contributed by atoms with E-state index in [1.54, 1.807) is 30.3 Å². The number of aromatic nitrogens is 2. The highest BCUT2D eigenvalue weighted by molar-refractivity contribution is 7.16. The summed E-state index contributed by atoms with van der Waals surface area (Å²) in [6.45, 7) is 8.29. The molecular formula is C18H23N5O3S. The van der Waals surface area contributed by atoms with Gasteiger partial charge in [0.05, 0.1) is 12.2 Å². The zero-order chi connectivity index (χ0) is 19.4. The minimum Gasteiger partial charge on any atom is -0.462 e. The topological polar surface area (TPSA) is 87.7 Å². The number of piperazine rings is 1. The first-order valence-corrected chi connectivity index (χ1v) is 9.68. The number of thiophene rings is 1. The van der Waals surface area contributed by atoms with Gasteiger partial charge in [-0.25, -0.2) is 19.6 Å². The Hall–Kier alpha value is -2.68. The molecule has 0 spiro atoms. The second-order valence-electron chi connectivity index (χ2n) is 6.16. The van der Waals surface area contributed by atoms with Gasteiger partial charge in [-0.1, -0.05) is 0 Å². The summed E-state index contributed by atoms with van der Waals surface area (Å²) in [5.41, 5.74) is 1.30. The molecular weight excluding hydrogens is 366 g/mol. The van der Waals surface area contributed by atoms with E-state index in [9.17, 15) is 9.59 Å². The van der Waals surface area contributed by atoms with Crippen molar-refractivity contribution in [2.75, 3.05) is 43.0 Å². The van der Waals surface area contributed by atoms with Crippen LogP contribution >= 0.6 is 11.3 Å². The third-order valence-corrected chi connectivity index (χ3v) is 5.61. The third-order valence-electron chi connectivity index (χ3n) is 4.49. The SMILES string of the molecule is CCOC(=O)c1c(NC(=O)N2CCN(c3ncccn3)CC2)sc(C)c1C. The van der Waals surface area contributed by atoms with Gasteiger partial charge in [-0.05, 0) is 32.4 Å². The largest absolute Gasteiger partial charge is 0.462 e. The van der Waals surface area contributed by atoms with Crippen molar-refractivity contribution in [1.29, 1.82) is 0 Å². The summed E-state index contributed by atoms with van der Waals surface area (Å²) in [6.07, 6.45) is 3.42. The van der Waals surface area contributed by atoms with Gasteiger partial charge in [-0.2, -0.15) is 0 Å².